The molecular weight excluding hydrogens is 274 g/mol. The molecule has 2 heterocycles. The zero-order valence-electron chi connectivity index (χ0n) is 13.7. The first kappa shape index (κ1) is 15.5. The van der Waals surface area contributed by atoms with Crippen molar-refractivity contribution in [2.24, 2.45) is 0 Å². The minimum atomic E-state index is 0.276. The SMILES string of the molecule is CCn1cc(CN2CCN(C)[C@H](CCO)C2)c2ccccc21. The second kappa shape index (κ2) is 6.82. The van der Waals surface area contributed by atoms with Crippen LogP contribution in [0.5, 0.6) is 0 Å². The van der Waals surface area contributed by atoms with Crippen molar-refractivity contribution < 1.29 is 5.11 Å². The molecule has 0 amide bonds. The summed E-state index contributed by atoms with van der Waals surface area (Å²) >= 11 is 0. The lowest BCUT2D eigenvalue weighted by molar-refractivity contribution is 0.0745. The van der Waals surface area contributed by atoms with Gasteiger partial charge in [0.2, 0.25) is 0 Å². The van der Waals surface area contributed by atoms with Gasteiger partial charge in [-0.1, -0.05) is 18.2 Å². The molecule has 0 radical (unpaired) electrons. The first-order chi connectivity index (χ1) is 10.7. The Bertz CT molecular complexity index is 622. The number of hydrogen-bond donors (Lipinski definition) is 1. The number of nitrogens with zero attached hydrogens (tertiary/aromatic N) is 3. The molecule has 1 fully saturated rings. The number of rotatable bonds is 5. The minimum Gasteiger partial charge on any atom is -0.396 e. The number of aromatic nitrogens is 1. The van der Waals surface area contributed by atoms with Crippen molar-refractivity contribution in [1.29, 1.82) is 0 Å². The maximum absolute atomic E-state index is 9.24. The van der Waals surface area contributed by atoms with E-state index in [4.69, 9.17) is 0 Å². The van der Waals surface area contributed by atoms with E-state index in [0.717, 1.165) is 39.1 Å². The van der Waals surface area contributed by atoms with Crippen LogP contribution in [0.1, 0.15) is 18.9 Å². The fourth-order valence-corrected chi connectivity index (χ4v) is 3.57. The number of aliphatic hydroxyl groups excluding tert-OH is 1. The first-order valence-electron chi connectivity index (χ1n) is 8.33. The Hall–Kier alpha value is -1.36. The van der Waals surface area contributed by atoms with Crippen LogP contribution in [0.4, 0.5) is 0 Å². The maximum Gasteiger partial charge on any atom is 0.0483 e. The summed E-state index contributed by atoms with van der Waals surface area (Å²) in [7, 11) is 2.17. The van der Waals surface area contributed by atoms with Crippen LogP contribution < -0.4 is 0 Å². The summed E-state index contributed by atoms with van der Waals surface area (Å²) in [5, 5.41) is 10.6. The van der Waals surface area contributed by atoms with Gasteiger partial charge in [-0.25, -0.2) is 0 Å². The van der Waals surface area contributed by atoms with Crippen molar-refractivity contribution in [3.63, 3.8) is 0 Å². The third-order valence-electron chi connectivity index (χ3n) is 4.93. The first-order valence-corrected chi connectivity index (χ1v) is 8.33. The number of aryl methyl sites for hydroxylation is 1. The van der Waals surface area contributed by atoms with Crippen LogP contribution in [0.15, 0.2) is 30.5 Å². The summed E-state index contributed by atoms with van der Waals surface area (Å²) in [5.41, 5.74) is 2.76. The van der Waals surface area contributed by atoms with Crippen LogP contribution in [0, 0.1) is 0 Å². The highest BCUT2D eigenvalue weighted by molar-refractivity contribution is 5.83. The Morgan fingerprint density at radius 2 is 2.05 bits per heavy atom. The van der Waals surface area contributed by atoms with Crippen LogP contribution in [0.3, 0.4) is 0 Å². The molecule has 0 bridgehead atoms. The number of fused-ring (bicyclic) bond motifs is 1. The average molecular weight is 301 g/mol. The highest BCUT2D eigenvalue weighted by Crippen LogP contribution is 2.24. The molecule has 1 atom stereocenters. The standard InChI is InChI=1S/C18H27N3O/c1-3-21-13-15(17-6-4-5-7-18(17)21)12-20-10-9-19(2)16(14-20)8-11-22/h4-7,13,16,22H,3,8-12,14H2,1-2H3/t16-/m1/s1. The fraction of sp³-hybridized carbons (Fsp3) is 0.556. The molecule has 120 valence electrons. The Morgan fingerprint density at radius 1 is 1.23 bits per heavy atom. The van der Waals surface area contributed by atoms with Gasteiger partial charge < -0.3 is 14.6 Å². The molecule has 1 aliphatic rings. The molecule has 1 aromatic heterocycles. The molecule has 0 unspecified atom stereocenters. The molecule has 2 aromatic rings. The van der Waals surface area contributed by atoms with E-state index in [1.54, 1.807) is 0 Å². The van der Waals surface area contributed by atoms with Gasteiger partial charge in [-0.05, 0) is 32.0 Å². The van der Waals surface area contributed by atoms with E-state index >= 15 is 0 Å². The molecular formula is C18H27N3O. The molecule has 1 N–H and O–H groups in total. The Labute approximate surface area is 132 Å². The number of para-hydroxylation sites is 1. The van der Waals surface area contributed by atoms with E-state index in [9.17, 15) is 5.11 Å². The Kier molecular flexibility index (Phi) is 4.81. The quantitative estimate of drug-likeness (QED) is 0.918. The molecule has 3 rings (SSSR count). The zero-order chi connectivity index (χ0) is 15.5. The summed E-state index contributed by atoms with van der Waals surface area (Å²) in [6, 6.07) is 9.16. The van der Waals surface area contributed by atoms with E-state index in [1.807, 2.05) is 0 Å². The van der Waals surface area contributed by atoms with Crippen LogP contribution in [-0.2, 0) is 13.1 Å². The molecule has 0 aliphatic carbocycles. The zero-order valence-corrected chi connectivity index (χ0v) is 13.7. The average Bonchev–Trinajstić information content (AvgIpc) is 2.89. The third kappa shape index (κ3) is 3.05. The lowest BCUT2D eigenvalue weighted by atomic mass is 10.1. The molecule has 22 heavy (non-hydrogen) atoms. The van der Waals surface area contributed by atoms with Gasteiger partial charge in [0.25, 0.3) is 0 Å². The predicted octanol–water partition coefficient (Wildman–Crippen LogP) is 2.16. The van der Waals surface area contributed by atoms with Crippen LogP contribution in [0.25, 0.3) is 10.9 Å². The van der Waals surface area contributed by atoms with Gasteiger partial charge in [0.15, 0.2) is 0 Å². The maximum atomic E-state index is 9.24. The predicted molar refractivity (Wildman–Crippen MR) is 91.0 cm³/mol. The van der Waals surface area contributed by atoms with E-state index in [-0.39, 0.29) is 6.61 Å². The minimum absolute atomic E-state index is 0.276. The van der Waals surface area contributed by atoms with Gasteiger partial charge in [-0.15, -0.1) is 0 Å². The molecule has 4 nitrogen and oxygen atoms in total. The van der Waals surface area contributed by atoms with E-state index < -0.39 is 0 Å². The lowest BCUT2D eigenvalue weighted by Crippen LogP contribution is -2.51. The van der Waals surface area contributed by atoms with Crippen molar-refractivity contribution in [2.45, 2.75) is 32.5 Å². The van der Waals surface area contributed by atoms with Crippen molar-refractivity contribution >= 4 is 10.9 Å². The molecule has 4 heteroatoms. The lowest BCUT2D eigenvalue weighted by Gasteiger charge is -2.39. The van der Waals surface area contributed by atoms with Gasteiger partial charge in [-0.3, -0.25) is 4.90 Å². The van der Waals surface area contributed by atoms with Crippen molar-refractivity contribution in [3.8, 4) is 0 Å². The Balaban J connectivity index is 1.78. The summed E-state index contributed by atoms with van der Waals surface area (Å²) in [6.45, 7) is 7.71. The monoisotopic (exact) mass is 301 g/mol. The summed E-state index contributed by atoms with van der Waals surface area (Å²) in [6.07, 6.45) is 3.17. The van der Waals surface area contributed by atoms with Gasteiger partial charge in [0, 0.05) is 62.5 Å². The van der Waals surface area contributed by atoms with E-state index in [2.05, 4.69) is 58.8 Å². The van der Waals surface area contributed by atoms with Gasteiger partial charge >= 0.3 is 0 Å². The van der Waals surface area contributed by atoms with Crippen molar-refractivity contribution in [2.75, 3.05) is 33.3 Å². The summed E-state index contributed by atoms with van der Waals surface area (Å²) < 4.78 is 2.34. The highest BCUT2D eigenvalue weighted by atomic mass is 16.3. The second-order valence-electron chi connectivity index (χ2n) is 6.34. The number of hydrogen-bond acceptors (Lipinski definition) is 3. The fourth-order valence-electron chi connectivity index (χ4n) is 3.57. The smallest absolute Gasteiger partial charge is 0.0483 e. The van der Waals surface area contributed by atoms with E-state index in [0.29, 0.717) is 6.04 Å². The van der Waals surface area contributed by atoms with Crippen LogP contribution in [0.2, 0.25) is 0 Å². The summed E-state index contributed by atoms with van der Waals surface area (Å²) in [5.74, 6) is 0. The van der Waals surface area contributed by atoms with Crippen molar-refractivity contribution in [1.82, 2.24) is 14.4 Å². The molecule has 1 aliphatic heterocycles. The highest BCUT2D eigenvalue weighted by Gasteiger charge is 2.24. The molecule has 0 saturated carbocycles. The van der Waals surface area contributed by atoms with Crippen LogP contribution in [-0.4, -0.2) is 58.8 Å². The number of aliphatic hydroxyl groups is 1. The number of benzene rings is 1. The molecule has 0 spiro atoms. The second-order valence-corrected chi connectivity index (χ2v) is 6.34. The van der Waals surface area contributed by atoms with Crippen molar-refractivity contribution in [3.05, 3.63) is 36.0 Å². The van der Waals surface area contributed by atoms with Gasteiger partial charge in [0.05, 0.1) is 0 Å². The third-order valence-corrected chi connectivity index (χ3v) is 4.93. The summed E-state index contributed by atoms with van der Waals surface area (Å²) in [4.78, 5) is 4.91. The number of piperazine rings is 1. The largest absolute Gasteiger partial charge is 0.396 e. The molecule has 1 saturated heterocycles. The topological polar surface area (TPSA) is 31.6 Å². The Morgan fingerprint density at radius 3 is 2.82 bits per heavy atom. The van der Waals surface area contributed by atoms with E-state index in [1.165, 1.54) is 16.5 Å². The van der Waals surface area contributed by atoms with Gasteiger partial charge in [0.1, 0.15) is 0 Å². The number of likely N-dealkylation sites (N-methyl/N-ethyl adjacent to an activating group) is 1. The molecule has 1 aromatic carbocycles. The van der Waals surface area contributed by atoms with Gasteiger partial charge in [-0.2, -0.15) is 0 Å². The van der Waals surface area contributed by atoms with Crippen LogP contribution >= 0.6 is 0 Å². The normalized spacial score (nSPS) is 20.8.